The zero-order chi connectivity index (χ0) is 22.2. The number of aliphatic hydroxyl groups excluding tert-OH is 1. The van der Waals surface area contributed by atoms with Crippen LogP contribution in [-0.2, 0) is 16.0 Å². The molecule has 2 unspecified atom stereocenters. The predicted molar refractivity (Wildman–Crippen MR) is 125 cm³/mol. The Kier molecular flexibility index (Phi) is 7.22. The van der Waals surface area contributed by atoms with Crippen molar-refractivity contribution in [3.63, 3.8) is 0 Å². The monoisotopic (exact) mass is 672 g/mol. The summed E-state index contributed by atoms with van der Waals surface area (Å²) in [5, 5.41) is 38.3. The Morgan fingerprint density at radius 2 is 2.00 bits per heavy atom. The largest absolute Gasteiger partial charge is 0.506 e. The number of phenolic OH excluding ortho intramolecular Hbond substituents is 1. The Hall–Kier alpha value is -1.08. The zero-order valence-electron chi connectivity index (χ0n) is 15.6. The quantitative estimate of drug-likeness (QED) is 0.237. The minimum absolute atomic E-state index is 0.0545. The highest BCUT2D eigenvalue weighted by Crippen LogP contribution is 2.45. The molecule has 162 valence electrons. The van der Waals surface area contributed by atoms with Crippen molar-refractivity contribution in [2.45, 2.75) is 24.5 Å². The Morgan fingerprint density at radius 3 is 2.60 bits per heavy atom. The minimum Gasteiger partial charge on any atom is -0.506 e. The number of phenols is 1. The number of rotatable bonds is 5. The number of ether oxygens (including phenoxy) is 2. The molecule has 1 aliphatic heterocycles. The van der Waals surface area contributed by atoms with Gasteiger partial charge in [0.1, 0.15) is 33.5 Å². The molecule has 8 nitrogen and oxygen atoms in total. The molecule has 1 spiro atoms. The summed E-state index contributed by atoms with van der Waals surface area (Å²) in [5.41, 5.74) is -0.222. The number of nitrogens with zero attached hydrogens (tertiary/aromatic N) is 2. The van der Waals surface area contributed by atoms with E-state index in [1.807, 2.05) is 0 Å². The van der Waals surface area contributed by atoms with Gasteiger partial charge in [0.15, 0.2) is 11.4 Å². The first-order valence-corrected chi connectivity index (χ1v) is 11.6. The number of hydrogen-bond donors (Lipinski definition) is 3. The van der Waals surface area contributed by atoms with Gasteiger partial charge in [-0.3, -0.25) is 0 Å². The van der Waals surface area contributed by atoms with Crippen LogP contribution in [0.1, 0.15) is 12.0 Å². The molecule has 0 aromatic heterocycles. The van der Waals surface area contributed by atoms with Gasteiger partial charge in [0, 0.05) is 18.4 Å². The molecule has 1 heterocycles. The molecule has 1 aromatic rings. The summed E-state index contributed by atoms with van der Waals surface area (Å²) in [5.74, 6) is 0.824. The number of hydrogen-bond acceptors (Lipinski definition) is 8. The number of methoxy groups -OCH3 is 2. The average molecular weight is 676 g/mol. The van der Waals surface area contributed by atoms with Crippen LogP contribution >= 0.6 is 63.7 Å². The van der Waals surface area contributed by atoms with E-state index in [1.165, 1.54) is 14.2 Å². The van der Waals surface area contributed by atoms with Crippen LogP contribution < -0.4 is 4.74 Å². The Labute approximate surface area is 205 Å². The van der Waals surface area contributed by atoms with Crippen LogP contribution in [0.5, 0.6) is 11.5 Å². The van der Waals surface area contributed by atoms with E-state index in [2.05, 4.69) is 74.0 Å². The third-order valence-corrected chi connectivity index (χ3v) is 7.43. The van der Waals surface area contributed by atoms with E-state index >= 15 is 0 Å². The van der Waals surface area contributed by atoms with Gasteiger partial charge in [0.05, 0.1) is 27.7 Å². The van der Waals surface area contributed by atoms with Gasteiger partial charge >= 0.3 is 0 Å². The summed E-state index contributed by atoms with van der Waals surface area (Å²) in [6, 6.07) is 1.66. The van der Waals surface area contributed by atoms with Crippen molar-refractivity contribution in [3.05, 3.63) is 41.4 Å². The van der Waals surface area contributed by atoms with E-state index in [-0.39, 0.29) is 24.3 Å². The highest BCUT2D eigenvalue weighted by molar-refractivity contribution is 9.12. The van der Waals surface area contributed by atoms with Gasteiger partial charge in [-0.25, -0.2) is 0 Å². The van der Waals surface area contributed by atoms with Gasteiger partial charge in [0.2, 0.25) is 0 Å². The molecule has 0 amide bonds. The Morgan fingerprint density at radius 1 is 1.30 bits per heavy atom. The van der Waals surface area contributed by atoms with E-state index in [9.17, 15) is 15.4 Å². The first kappa shape index (κ1) is 23.6. The molecule has 12 heteroatoms. The first-order valence-electron chi connectivity index (χ1n) is 8.39. The molecule has 0 bridgehead atoms. The van der Waals surface area contributed by atoms with Crippen LogP contribution in [0.4, 0.5) is 0 Å². The maximum Gasteiger partial charge on any atom is 0.193 e. The molecule has 3 N–H and O–H groups in total. The number of allylic oxidation sites excluding steroid dienone is 1. The predicted octanol–water partition coefficient (Wildman–Crippen LogP) is 4.72. The fraction of sp³-hybridized carbons (Fsp3) is 0.333. The second kappa shape index (κ2) is 9.19. The zero-order valence-corrected chi connectivity index (χ0v) is 22.0. The molecule has 0 saturated heterocycles. The van der Waals surface area contributed by atoms with Crippen molar-refractivity contribution in [1.82, 2.24) is 0 Å². The lowest BCUT2D eigenvalue weighted by Crippen LogP contribution is -2.44. The van der Waals surface area contributed by atoms with Gasteiger partial charge in [-0.15, -0.1) is 0 Å². The van der Waals surface area contributed by atoms with E-state index in [4.69, 9.17) is 14.3 Å². The number of aromatic hydroxyl groups is 1. The number of aliphatic hydroxyl groups is 1. The third-order valence-electron chi connectivity index (χ3n) is 4.73. The fourth-order valence-electron chi connectivity index (χ4n) is 3.19. The molecule has 0 fully saturated rings. The van der Waals surface area contributed by atoms with E-state index in [0.717, 1.165) is 0 Å². The molecule has 30 heavy (non-hydrogen) atoms. The topological polar surface area (TPSA) is 113 Å². The molecule has 2 aliphatic rings. The number of oxime groups is 2. The van der Waals surface area contributed by atoms with Crippen molar-refractivity contribution in [2.75, 3.05) is 14.2 Å². The second-order valence-corrected chi connectivity index (χ2v) is 9.83. The van der Waals surface area contributed by atoms with Crippen molar-refractivity contribution in [3.8, 4) is 11.5 Å². The summed E-state index contributed by atoms with van der Waals surface area (Å²) in [4.78, 5) is 5.59. The molecule has 2 atom stereocenters. The fourth-order valence-corrected chi connectivity index (χ4v) is 6.51. The van der Waals surface area contributed by atoms with Gasteiger partial charge in [-0.2, -0.15) is 0 Å². The average Bonchev–Trinajstić information content (AvgIpc) is 3.13. The van der Waals surface area contributed by atoms with E-state index in [0.29, 0.717) is 40.7 Å². The van der Waals surface area contributed by atoms with Crippen LogP contribution in [0, 0.1) is 0 Å². The highest BCUT2D eigenvalue weighted by Gasteiger charge is 2.50. The van der Waals surface area contributed by atoms with Crippen molar-refractivity contribution < 1.29 is 29.7 Å². The van der Waals surface area contributed by atoms with Crippen LogP contribution in [0.15, 0.2) is 46.1 Å². The standard InChI is InChI=1S/C18H16Br4N2O6/c1-28-15-8(19)3-7(14(25)12(15)21)4-10(23-27)11-6-18(30-24-11)5-9(20)16(29-2)13(22)17(18)26/h3,5,17,25-27H,4,6H2,1-2H3/b23-10-. The molecule has 1 aliphatic carbocycles. The summed E-state index contributed by atoms with van der Waals surface area (Å²) in [6.07, 6.45) is 0.759. The second-order valence-electron chi connectivity index (χ2n) is 6.47. The van der Waals surface area contributed by atoms with Gasteiger partial charge in [0.25, 0.3) is 0 Å². The molecular formula is C18H16Br4N2O6. The van der Waals surface area contributed by atoms with E-state index in [1.54, 1.807) is 12.1 Å². The van der Waals surface area contributed by atoms with Crippen molar-refractivity contribution in [1.29, 1.82) is 0 Å². The Balaban J connectivity index is 1.87. The smallest absolute Gasteiger partial charge is 0.193 e. The molecule has 3 rings (SSSR count). The SMILES string of the molecule is COC1=C(Br)C(O)C2(C=C1Br)CC(/C(Cc1cc(Br)c(OC)c(Br)c1O)=N\O)=NO2. The van der Waals surface area contributed by atoms with Gasteiger partial charge < -0.3 is 29.7 Å². The summed E-state index contributed by atoms with van der Waals surface area (Å²) >= 11 is 13.4. The first-order chi connectivity index (χ1) is 14.2. The normalized spacial score (nSPS) is 24.0. The molecule has 1 aromatic carbocycles. The van der Waals surface area contributed by atoms with Crippen LogP contribution in [0.2, 0.25) is 0 Å². The van der Waals surface area contributed by atoms with Crippen molar-refractivity contribution in [2.24, 2.45) is 10.3 Å². The van der Waals surface area contributed by atoms with Gasteiger partial charge in [-0.1, -0.05) is 10.3 Å². The summed E-state index contributed by atoms with van der Waals surface area (Å²) in [6.45, 7) is 0. The number of benzene rings is 1. The third kappa shape index (κ3) is 4.04. The molecule has 0 saturated carbocycles. The summed E-state index contributed by atoms with van der Waals surface area (Å²) in [7, 11) is 2.97. The van der Waals surface area contributed by atoms with Crippen molar-refractivity contribution >= 4 is 75.1 Å². The Bertz CT molecular complexity index is 1010. The minimum atomic E-state index is -1.20. The number of halogens is 4. The van der Waals surface area contributed by atoms with Crippen LogP contribution in [0.25, 0.3) is 0 Å². The van der Waals surface area contributed by atoms with Crippen LogP contribution in [-0.4, -0.2) is 52.8 Å². The highest BCUT2D eigenvalue weighted by atomic mass is 79.9. The lowest BCUT2D eigenvalue weighted by molar-refractivity contribution is -0.0570. The maximum atomic E-state index is 10.8. The van der Waals surface area contributed by atoms with E-state index < -0.39 is 11.7 Å². The lowest BCUT2D eigenvalue weighted by Gasteiger charge is -2.33. The lowest BCUT2D eigenvalue weighted by atomic mass is 9.85. The molecular weight excluding hydrogens is 660 g/mol. The summed E-state index contributed by atoms with van der Waals surface area (Å²) < 4.78 is 12.5. The molecule has 0 radical (unpaired) electrons. The maximum absolute atomic E-state index is 10.8. The van der Waals surface area contributed by atoms with Gasteiger partial charge in [-0.05, 0) is 75.9 Å². The van der Waals surface area contributed by atoms with Crippen LogP contribution in [0.3, 0.4) is 0 Å².